The summed E-state index contributed by atoms with van der Waals surface area (Å²) in [4.78, 5) is 17.6. The maximum Gasteiger partial charge on any atom is 0.271 e. The molecule has 1 aromatic carbocycles. The molecule has 5 nitrogen and oxygen atoms in total. The standard InChI is InChI=1S/C12H13ClN4O/c13-10-11(16-7-17-12(10)18)15-6-5-8-1-3-9(14)4-2-8/h1-4,7H,5-6,14H2,(H2,15,16,17,18). The van der Waals surface area contributed by atoms with Crippen LogP contribution in [0.15, 0.2) is 35.4 Å². The molecule has 1 heterocycles. The van der Waals surface area contributed by atoms with Gasteiger partial charge >= 0.3 is 0 Å². The number of nitrogen functional groups attached to an aromatic ring is 1. The van der Waals surface area contributed by atoms with Crippen molar-refractivity contribution in [3.05, 3.63) is 51.5 Å². The number of nitrogens with one attached hydrogen (secondary N) is 2. The van der Waals surface area contributed by atoms with E-state index in [2.05, 4.69) is 15.3 Å². The summed E-state index contributed by atoms with van der Waals surface area (Å²) in [6.45, 7) is 0.639. The van der Waals surface area contributed by atoms with Gasteiger partial charge in [0.1, 0.15) is 5.02 Å². The molecule has 0 saturated carbocycles. The predicted molar refractivity (Wildman–Crippen MR) is 72.9 cm³/mol. The van der Waals surface area contributed by atoms with Crippen molar-refractivity contribution in [3.8, 4) is 0 Å². The Labute approximate surface area is 109 Å². The Morgan fingerprint density at radius 1 is 1.33 bits per heavy atom. The van der Waals surface area contributed by atoms with Crippen LogP contribution in [-0.4, -0.2) is 16.5 Å². The number of hydrogen-bond donors (Lipinski definition) is 3. The van der Waals surface area contributed by atoms with E-state index in [1.165, 1.54) is 6.33 Å². The second-order valence-corrected chi connectivity index (χ2v) is 4.19. The molecule has 0 amide bonds. The van der Waals surface area contributed by atoms with Gasteiger partial charge in [-0.2, -0.15) is 0 Å². The molecule has 94 valence electrons. The lowest BCUT2D eigenvalue weighted by Crippen LogP contribution is -2.13. The van der Waals surface area contributed by atoms with Crippen molar-refractivity contribution < 1.29 is 0 Å². The van der Waals surface area contributed by atoms with Gasteiger partial charge in [0.05, 0.1) is 6.33 Å². The lowest BCUT2D eigenvalue weighted by atomic mass is 10.1. The van der Waals surface area contributed by atoms with Crippen LogP contribution in [0.25, 0.3) is 0 Å². The van der Waals surface area contributed by atoms with E-state index in [4.69, 9.17) is 17.3 Å². The van der Waals surface area contributed by atoms with E-state index in [0.29, 0.717) is 12.4 Å². The summed E-state index contributed by atoms with van der Waals surface area (Å²) in [7, 11) is 0. The smallest absolute Gasteiger partial charge is 0.271 e. The molecule has 0 spiro atoms. The number of aromatic nitrogens is 2. The molecule has 0 aliphatic rings. The molecule has 0 unspecified atom stereocenters. The Kier molecular flexibility index (Phi) is 3.84. The lowest BCUT2D eigenvalue weighted by molar-refractivity contribution is 0.994. The van der Waals surface area contributed by atoms with E-state index in [0.717, 1.165) is 17.7 Å². The number of anilines is 2. The molecular weight excluding hydrogens is 252 g/mol. The van der Waals surface area contributed by atoms with Crippen LogP contribution in [0.4, 0.5) is 11.5 Å². The van der Waals surface area contributed by atoms with Crippen LogP contribution in [0.1, 0.15) is 5.56 Å². The highest BCUT2D eigenvalue weighted by atomic mass is 35.5. The van der Waals surface area contributed by atoms with Gasteiger partial charge in [-0.25, -0.2) is 4.98 Å². The van der Waals surface area contributed by atoms with Crippen LogP contribution in [0.2, 0.25) is 5.02 Å². The van der Waals surface area contributed by atoms with Gasteiger partial charge in [0.25, 0.3) is 5.56 Å². The molecule has 2 rings (SSSR count). The minimum Gasteiger partial charge on any atom is -0.399 e. The second-order valence-electron chi connectivity index (χ2n) is 3.81. The maximum absolute atomic E-state index is 11.2. The monoisotopic (exact) mass is 264 g/mol. The van der Waals surface area contributed by atoms with Crippen LogP contribution < -0.4 is 16.6 Å². The first-order chi connectivity index (χ1) is 8.66. The first kappa shape index (κ1) is 12.4. The zero-order chi connectivity index (χ0) is 13.0. The van der Waals surface area contributed by atoms with Crippen LogP contribution in [0.5, 0.6) is 0 Å². The van der Waals surface area contributed by atoms with Gasteiger partial charge in [0, 0.05) is 12.2 Å². The molecule has 0 radical (unpaired) electrons. The molecule has 0 saturated heterocycles. The quantitative estimate of drug-likeness (QED) is 0.734. The van der Waals surface area contributed by atoms with Crippen LogP contribution >= 0.6 is 11.6 Å². The number of hydrogen-bond acceptors (Lipinski definition) is 4. The number of nitrogens with zero attached hydrogens (tertiary/aromatic N) is 1. The Morgan fingerprint density at radius 3 is 2.78 bits per heavy atom. The molecule has 2 aromatic rings. The summed E-state index contributed by atoms with van der Waals surface area (Å²) in [6, 6.07) is 7.63. The predicted octanol–water partition coefficient (Wildman–Crippen LogP) is 1.66. The van der Waals surface area contributed by atoms with Crippen molar-refractivity contribution in [3.63, 3.8) is 0 Å². The molecular formula is C12H13ClN4O. The van der Waals surface area contributed by atoms with Crippen molar-refractivity contribution in [2.75, 3.05) is 17.6 Å². The van der Waals surface area contributed by atoms with Crippen molar-refractivity contribution >= 4 is 23.1 Å². The summed E-state index contributed by atoms with van der Waals surface area (Å²) in [5.41, 5.74) is 7.15. The number of rotatable bonds is 4. The van der Waals surface area contributed by atoms with Crippen molar-refractivity contribution in [2.24, 2.45) is 0 Å². The highest BCUT2D eigenvalue weighted by Crippen LogP contribution is 2.12. The SMILES string of the molecule is Nc1ccc(CCNc2nc[nH]c(=O)c2Cl)cc1. The summed E-state index contributed by atoms with van der Waals surface area (Å²) in [6.07, 6.45) is 2.12. The third-order valence-corrected chi connectivity index (χ3v) is 2.83. The van der Waals surface area contributed by atoms with E-state index in [1.54, 1.807) is 0 Å². The molecule has 0 aliphatic carbocycles. The highest BCUT2D eigenvalue weighted by molar-refractivity contribution is 6.32. The van der Waals surface area contributed by atoms with Crippen LogP contribution in [-0.2, 0) is 6.42 Å². The van der Waals surface area contributed by atoms with E-state index >= 15 is 0 Å². The second kappa shape index (κ2) is 5.55. The molecule has 0 aliphatic heterocycles. The summed E-state index contributed by atoms with van der Waals surface area (Å²) < 4.78 is 0. The maximum atomic E-state index is 11.2. The average molecular weight is 265 g/mol. The Morgan fingerprint density at radius 2 is 2.06 bits per heavy atom. The Bertz CT molecular complexity index is 579. The highest BCUT2D eigenvalue weighted by Gasteiger charge is 2.04. The third kappa shape index (κ3) is 3.01. The number of aromatic amines is 1. The Balaban J connectivity index is 1.94. The van der Waals surface area contributed by atoms with Gasteiger partial charge in [-0.15, -0.1) is 0 Å². The third-order valence-electron chi connectivity index (χ3n) is 2.48. The topological polar surface area (TPSA) is 83.8 Å². The molecule has 6 heteroatoms. The first-order valence-corrected chi connectivity index (χ1v) is 5.86. The zero-order valence-corrected chi connectivity index (χ0v) is 10.4. The molecule has 0 atom stereocenters. The van der Waals surface area contributed by atoms with E-state index in [-0.39, 0.29) is 10.6 Å². The Hall–Kier alpha value is -2.01. The number of halogens is 1. The summed E-state index contributed by atoms with van der Waals surface area (Å²) in [5.74, 6) is 0.399. The van der Waals surface area contributed by atoms with Gasteiger partial charge in [0.2, 0.25) is 0 Å². The summed E-state index contributed by atoms with van der Waals surface area (Å²) >= 11 is 5.81. The van der Waals surface area contributed by atoms with Crippen molar-refractivity contribution in [2.45, 2.75) is 6.42 Å². The fourth-order valence-electron chi connectivity index (χ4n) is 1.52. The first-order valence-electron chi connectivity index (χ1n) is 5.48. The summed E-state index contributed by atoms with van der Waals surface area (Å²) in [5, 5.41) is 3.10. The minimum atomic E-state index is -0.346. The molecule has 4 N–H and O–H groups in total. The average Bonchev–Trinajstić information content (AvgIpc) is 2.37. The lowest BCUT2D eigenvalue weighted by Gasteiger charge is -2.06. The van der Waals surface area contributed by atoms with E-state index < -0.39 is 0 Å². The normalized spacial score (nSPS) is 10.3. The number of benzene rings is 1. The fourth-order valence-corrected chi connectivity index (χ4v) is 1.69. The van der Waals surface area contributed by atoms with Crippen molar-refractivity contribution in [1.82, 2.24) is 9.97 Å². The van der Waals surface area contributed by atoms with E-state index in [9.17, 15) is 4.79 Å². The molecule has 0 fully saturated rings. The van der Waals surface area contributed by atoms with Gasteiger partial charge in [-0.05, 0) is 24.1 Å². The fraction of sp³-hybridized carbons (Fsp3) is 0.167. The minimum absolute atomic E-state index is 0.0785. The molecule has 18 heavy (non-hydrogen) atoms. The van der Waals surface area contributed by atoms with E-state index in [1.807, 2.05) is 24.3 Å². The van der Waals surface area contributed by atoms with Crippen LogP contribution in [0.3, 0.4) is 0 Å². The molecule has 0 bridgehead atoms. The van der Waals surface area contributed by atoms with Crippen molar-refractivity contribution in [1.29, 1.82) is 0 Å². The van der Waals surface area contributed by atoms with Crippen LogP contribution in [0, 0.1) is 0 Å². The number of nitrogens with two attached hydrogens (primary N) is 1. The van der Waals surface area contributed by atoms with Gasteiger partial charge in [0.15, 0.2) is 5.82 Å². The number of H-pyrrole nitrogens is 1. The van der Waals surface area contributed by atoms with Gasteiger partial charge in [-0.3, -0.25) is 4.79 Å². The largest absolute Gasteiger partial charge is 0.399 e. The zero-order valence-electron chi connectivity index (χ0n) is 9.61. The van der Waals surface area contributed by atoms with Gasteiger partial charge < -0.3 is 16.0 Å². The van der Waals surface area contributed by atoms with Gasteiger partial charge in [-0.1, -0.05) is 23.7 Å². The molecule has 1 aromatic heterocycles.